The summed E-state index contributed by atoms with van der Waals surface area (Å²) in [6, 6.07) is 19.3. The number of rotatable bonds is 6. The molecule has 2 aromatic carbocycles. The Morgan fingerprint density at radius 2 is 1.84 bits per heavy atom. The summed E-state index contributed by atoms with van der Waals surface area (Å²) in [5, 5.41) is 20.6. The molecule has 6 rings (SSSR count). The number of para-hydroxylation sites is 1. The maximum Gasteiger partial charge on any atom is 0.226 e. The average Bonchev–Trinajstić information content (AvgIpc) is 3.46. The Balaban J connectivity index is 1.45. The van der Waals surface area contributed by atoms with Gasteiger partial charge in [0.1, 0.15) is 12.4 Å². The number of benzene rings is 2. The third kappa shape index (κ3) is 3.96. The van der Waals surface area contributed by atoms with Crippen LogP contribution < -0.4 is 14.8 Å². The SMILES string of the molecule is COc1cccc([C@H]2CC(=O)Nc3c2c(C)nn3-c2ccc3nnc(C)n3n2)c1OCc1ccccc1. The van der Waals surface area contributed by atoms with E-state index in [1.165, 1.54) is 0 Å². The van der Waals surface area contributed by atoms with E-state index in [1.807, 2.05) is 74.5 Å². The fraction of sp³-hybridized carbons (Fsp3) is 0.222. The van der Waals surface area contributed by atoms with Crippen molar-refractivity contribution in [1.29, 1.82) is 0 Å². The molecular weight excluding hydrogens is 470 g/mol. The normalized spacial score (nSPS) is 14.9. The van der Waals surface area contributed by atoms with Crippen molar-refractivity contribution in [3.8, 4) is 17.3 Å². The first-order valence-corrected chi connectivity index (χ1v) is 12.0. The van der Waals surface area contributed by atoms with Gasteiger partial charge in [-0.05, 0) is 37.6 Å². The van der Waals surface area contributed by atoms with E-state index in [1.54, 1.807) is 16.3 Å². The van der Waals surface area contributed by atoms with Crippen LogP contribution in [-0.2, 0) is 11.4 Å². The van der Waals surface area contributed by atoms with Crippen LogP contribution in [0.5, 0.6) is 11.5 Å². The van der Waals surface area contributed by atoms with E-state index in [0.29, 0.717) is 41.2 Å². The topological polar surface area (TPSA) is 108 Å². The zero-order chi connectivity index (χ0) is 25.5. The van der Waals surface area contributed by atoms with Crippen molar-refractivity contribution in [2.45, 2.75) is 32.8 Å². The fourth-order valence-electron chi connectivity index (χ4n) is 4.83. The van der Waals surface area contributed by atoms with Crippen molar-refractivity contribution in [2.75, 3.05) is 12.4 Å². The molecule has 186 valence electrons. The van der Waals surface area contributed by atoms with Gasteiger partial charge in [0, 0.05) is 23.5 Å². The van der Waals surface area contributed by atoms with Gasteiger partial charge in [-0.25, -0.2) is 0 Å². The van der Waals surface area contributed by atoms with Crippen LogP contribution in [0.4, 0.5) is 5.82 Å². The number of carbonyl (C=O) groups excluding carboxylic acids is 1. The second-order valence-corrected chi connectivity index (χ2v) is 8.93. The highest BCUT2D eigenvalue weighted by Gasteiger charge is 2.35. The van der Waals surface area contributed by atoms with E-state index >= 15 is 0 Å². The van der Waals surface area contributed by atoms with Gasteiger partial charge in [0.05, 0.1) is 12.8 Å². The van der Waals surface area contributed by atoms with Crippen molar-refractivity contribution < 1.29 is 14.3 Å². The Kier molecular flexibility index (Phi) is 5.56. The lowest BCUT2D eigenvalue weighted by molar-refractivity contribution is -0.116. The first-order valence-electron chi connectivity index (χ1n) is 12.0. The molecule has 3 aromatic heterocycles. The summed E-state index contributed by atoms with van der Waals surface area (Å²) in [6.45, 7) is 4.14. The Hall–Kier alpha value is -4.73. The molecule has 0 aliphatic carbocycles. The molecular formula is C27H25N7O3. The molecule has 1 aliphatic rings. The van der Waals surface area contributed by atoms with Gasteiger partial charge in [-0.15, -0.1) is 15.3 Å². The molecule has 0 bridgehead atoms. The number of nitrogens with one attached hydrogen (secondary N) is 1. The summed E-state index contributed by atoms with van der Waals surface area (Å²) >= 11 is 0. The van der Waals surface area contributed by atoms with Gasteiger partial charge in [-0.1, -0.05) is 42.5 Å². The summed E-state index contributed by atoms with van der Waals surface area (Å²) in [5.74, 6) is 2.64. The predicted octanol–water partition coefficient (Wildman–Crippen LogP) is 3.99. The van der Waals surface area contributed by atoms with Crippen LogP contribution >= 0.6 is 0 Å². The lowest BCUT2D eigenvalue weighted by atomic mass is 9.85. The van der Waals surface area contributed by atoms with E-state index in [0.717, 1.165) is 22.4 Å². The highest BCUT2D eigenvalue weighted by Crippen LogP contribution is 2.45. The molecule has 10 nitrogen and oxygen atoms in total. The highest BCUT2D eigenvalue weighted by atomic mass is 16.5. The lowest BCUT2D eigenvalue weighted by Crippen LogP contribution is -2.25. The third-order valence-corrected chi connectivity index (χ3v) is 6.55. The third-order valence-electron chi connectivity index (χ3n) is 6.55. The lowest BCUT2D eigenvalue weighted by Gasteiger charge is -2.26. The zero-order valence-electron chi connectivity index (χ0n) is 20.7. The monoisotopic (exact) mass is 495 g/mol. The Morgan fingerprint density at radius 1 is 1.00 bits per heavy atom. The quantitative estimate of drug-likeness (QED) is 0.379. The molecule has 1 aliphatic heterocycles. The number of hydrogen-bond donors (Lipinski definition) is 1. The minimum atomic E-state index is -0.279. The maximum atomic E-state index is 13.0. The van der Waals surface area contributed by atoms with Crippen LogP contribution in [0, 0.1) is 13.8 Å². The number of amides is 1. The van der Waals surface area contributed by atoms with Crippen molar-refractivity contribution in [3.63, 3.8) is 0 Å². The minimum absolute atomic E-state index is 0.114. The number of aromatic nitrogens is 6. The van der Waals surface area contributed by atoms with Crippen LogP contribution in [0.1, 0.15) is 40.5 Å². The molecule has 0 unspecified atom stereocenters. The van der Waals surface area contributed by atoms with Gasteiger partial charge in [0.15, 0.2) is 28.8 Å². The largest absolute Gasteiger partial charge is 0.493 e. The molecule has 4 heterocycles. The predicted molar refractivity (Wildman–Crippen MR) is 136 cm³/mol. The van der Waals surface area contributed by atoms with E-state index < -0.39 is 0 Å². The van der Waals surface area contributed by atoms with E-state index in [2.05, 4.69) is 20.6 Å². The van der Waals surface area contributed by atoms with Crippen LogP contribution in [0.15, 0.2) is 60.7 Å². The second-order valence-electron chi connectivity index (χ2n) is 8.93. The van der Waals surface area contributed by atoms with Crippen LogP contribution in [0.3, 0.4) is 0 Å². The number of methoxy groups -OCH3 is 1. The highest BCUT2D eigenvalue weighted by molar-refractivity contribution is 5.95. The number of hydrogen-bond acceptors (Lipinski definition) is 7. The van der Waals surface area contributed by atoms with Crippen LogP contribution in [0.2, 0.25) is 0 Å². The molecule has 0 saturated carbocycles. The van der Waals surface area contributed by atoms with E-state index in [4.69, 9.17) is 14.6 Å². The molecule has 1 atom stereocenters. The fourth-order valence-corrected chi connectivity index (χ4v) is 4.83. The molecule has 0 radical (unpaired) electrons. The van der Waals surface area contributed by atoms with Crippen molar-refractivity contribution in [2.24, 2.45) is 0 Å². The molecule has 1 amide bonds. The average molecular weight is 496 g/mol. The molecule has 10 heteroatoms. The number of carbonyl (C=O) groups is 1. The summed E-state index contributed by atoms with van der Waals surface area (Å²) in [5.41, 5.74) is 4.25. The molecule has 5 aromatic rings. The minimum Gasteiger partial charge on any atom is -0.493 e. The molecule has 0 saturated heterocycles. The Labute approximate surface area is 212 Å². The summed E-state index contributed by atoms with van der Waals surface area (Å²) in [7, 11) is 1.62. The second kappa shape index (κ2) is 9.05. The number of aryl methyl sites for hydroxylation is 2. The first kappa shape index (κ1) is 22.7. The van der Waals surface area contributed by atoms with Gasteiger partial charge in [0.25, 0.3) is 0 Å². The zero-order valence-corrected chi connectivity index (χ0v) is 20.7. The molecule has 1 N–H and O–H groups in total. The van der Waals surface area contributed by atoms with Crippen molar-refractivity contribution in [3.05, 3.63) is 88.9 Å². The van der Waals surface area contributed by atoms with E-state index in [9.17, 15) is 4.79 Å². The van der Waals surface area contributed by atoms with Crippen LogP contribution in [-0.4, -0.2) is 42.6 Å². The van der Waals surface area contributed by atoms with Gasteiger partial charge in [0.2, 0.25) is 5.91 Å². The maximum absolute atomic E-state index is 13.0. The van der Waals surface area contributed by atoms with Crippen molar-refractivity contribution >= 4 is 17.4 Å². The number of fused-ring (bicyclic) bond motifs is 2. The molecule has 0 fully saturated rings. The summed E-state index contributed by atoms with van der Waals surface area (Å²) in [6.07, 6.45) is 0.255. The Bertz CT molecular complexity index is 1620. The first-order chi connectivity index (χ1) is 18.0. The van der Waals surface area contributed by atoms with Crippen molar-refractivity contribution in [1.82, 2.24) is 29.6 Å². The smallest absolute Gasteiger partial charge is 0.226 e. The number of nitrogens with zero attached hydrogens (tertiary/aromatic N) is 6. The van der Waals surface area contributed by atoms with Gasteiger partial charge >= 0.3 is 0 Å². The van der Waals surface area contributed by atoms with Gasteiger partial charge in [-0.3, -0.25) is 4.79 Å². The summed E-state index contributed by atoms with van der Waals surface area (Å²) in [4.78, 5) is 13.0. The number of anilines is 1. The van der Waals surface area contributed by atoms with Gasteiger partial charge in [-0.2, -0.15) is 14.3 Å². The van der Waals surface area contributed by atoms with Crippen LogP contribution in [0.25, 0.3) is 11.5 Å². The molecule has 37 heavy (non-hydrogen) atoms. The van der Waals surface area contributed by atoms with Gasteiger partial charge < -0.3 is 14.8 Å². The van der Waals surface area contributed by atoms with E-state index in [-0.39, 0.29) is 18.2 Å². The molecule has 0 spiro atoms. The Morgan fingerprint density at radius 3 is 2.65 bits per heavy atom. The standard InChI is InChI=1S/C27H25N7O3/c1-16-25-20(19-10-7-11-21(36-3)26(19)37-15-18-8-5-4-6-9-18)14-24(35)28-27(25)34(31-16)23-13-12-22-30-29-17(2)33(22)32-23/h4-13,20H,14-15H2,1-3H3,(H,28,35)/t20-/m1/s1. The summed E-state index contributed by atoms with van der Waals surface area (Å²) < 4.78 is 15.3. The number of ether oxygens (including phenoxy) is 2.